The number of aliphatic hydroxyl groups is 1. The Morgan fingerprint density at radius 3 is 2.35 bits per heavy atom. The summed E-state index contributed by atoms with van der Waals surface area (Å²) in [5, 5.41) is 32.2. The molecule has 2 bridgehead atoms. The number of β-amino-alcohol motifs (C(OH)–C–C–N with tert-alkyl or cyclic N) is 1. The van der Waals surface area contributed by atoms with Gasteiger partial charge in [0.15, 0.2) is 11.6 Å². The zero-order chi connectivity index (χ0) is 57.9. The van der Waals surface area contributed by atoms with Crippen LogP contribution in [0, 0.1) is 51.8 Å². The van der Waals surface area contributed by atoms with Gasteiger partial charge in [-0.25, -0.2) is 22.0 Å². The number of nitrogen functional groups attached to an aromatic ring is 1. The normalized spacial score (nSPS) is 20.6. The molecule has 4 aliphatic rings. The van der Waals surface area contributed by atoms with E-state index in [2.05, 4.69) is 37.5 Å². The summed E-state index contributed by atoms with van der Waals surface area (Å²) in [5.41, 5.74) is 6.50. The monoisotopic (exact) mass is 1170 g/mol. The number of fused-ring (bicyclic) bond motifs is 4. The topological polar surface area (TPSA) is 208 Å². The molecule has 0 radical (unpaired) electrons. The molecule has 430 valence electrons. The molecule has 6 atom stereocenters. The predicted molar refractivity (Wildman–Crippen MR) is 300 cm³/mol. The number of piperidine rings is 1. The van der Waals surface area contributed by atoms with Crippen molar-refractivity contribution in [1.29, 1.82) is 5.26 Å². The van der Waals surface area contributed by atoms with E-state index in [0.717, 1.165) is 37.0 Å². The van der Waals surface area contributed by atoms with Crippen LogP contribution in [0.3, 0.4) is 0 Å². The molecule has 4 aromatic carbocycles. The molecule has 0 aliphatic carbocycles. The van der Waals surface area contributed by atoms with E-state index in [1.165, 1.54) is 29.2 Å². The summed E-state index contributed by atoms with van der Waals surface area (Å²) in [4.78, 5) is 43.4. The van der Waals surface area contributed by atoms with Gasteiger partial charge >= 0.3 is 6.01 Å². The molecule has 0 saturated carbocycles. The molecule has 23 heteroatoms. The number of amides is 2. The van der Waals surface area contributed by atoms with E-state index in [-0.39, 0.29) is 114 Å². The van der Waals surface area contributed by atoms with Crippen LogP contribution in [0.15, 0.2) is 65.2 Å². The molecular weight excluding hydrogens is 1110 g/mol. The van der Waals surface area contributed by atoms with E-state index in [1.807, 2.05) is 19.9 Å². The number of rotatable bonds is 16. The fourth-order valence-corrected chi connectivity index (χ4v) is 13.3. The molecule has 3 aromatic heterocycles. The Balaban J connectivity index is 0.714. The number of nitrogens with zero attached hydrogens (tertiary/aromatic N) is 7. The van der Waals surface area contributed by atoms with Crippen LogP contribution in [0.2, 0.25) is 5.02 Å². The zero-order valence-corrected chi connectivity index (χ0v) is 47.0. The van der Waals surface area contributed by atoms with E-state index in [0.29, 0.717) is 68.2 Å². The highest BCUT2D eigenvalue weighted by Crippen LogP contribution is 2.46. The second-order valence-corrected chi connectivity index (χ2v) is 24.1. The molecule has 11 rings (SSSR count). The van der Waals surface area contributed by atoms with Gasteiger partial charge in [-0.1, -0.05) is 62.7 Å². The minimum Gasteiger partial charge on any atom is -0.475 e. The first-order valence-electron chi connectivity index (χ1n) is 27.4. The maximum atomic E-state index is 17.2. The zero-order valence-electron chi connectivity index (χ0n) is 45.4. The van der Waals surface area contributed by atoms with Crippen LogP contribution in [-0.2, 0) is 9.59 Å². The number of halogens is 6. The Morgan fingerprint density at radius 2 is 1.67 bits per heavy atom. The minimum atomic E-state index is -1.04. The number of carbonyl (C=O) groups is 2. The number of nitrogens with two attached hydrogens (primary N) is 1. The summed E-state index contributed by atoms with van der Waals surface area (Å²) >= 11 is 7.85. The highest BCUT2D eigenvalue weighted by Gasteiger charge is 2.44. The third-order valence-electron chi connectivity index (χ3n) is 16.5. The van der Waals surface area contributed by atoms with E-state index >= 15 is 8.78 Å². The standard InChI is InChI=1S/C59H60ClF5N10O6S/c1-29(2)47(57(78)75-27-36(76)21-44(75)56(77)68-30(3)31-5-7-32(8-6-31)48-42(63)19-33(61)20-43(48)64)45-23-46(72-81-45)80-28-59(4)13-15-73(16-14-59)17-18-79-58-70-52-38(55(71-58)74-25-34-9-10-35(26-74)69-34)22-40(60)50(51(52)65)37-11-12-41(62)53-49(37)39(24-66)54(67)82-53/h5-8,11-12,19-20,22-23,29-30,34-36,44,47,69,76H,9-10,13-18,21,25-28,67H2,1-4H3,(H,68,77)/t30-,34?,35?,36+,44-,47+/m0/s1. The van der Waals surface area contributed by atoms with Gasteiger partial charge in [0, 0.05) is 84.6 Å². The molecular formula is C59H60ClF5N10O6S. The van der Waals surface area contributed by atoms with Gasteiger partial charge < -0.3 is 45.3 Å². The number of aromatic nitrogens is 3. The summed E-state index contributed by atoms with van der Waals surface area (Å²) in [5.74, 6) is -5.60. The largest absolute Gasteiger partial charge is 0.475 e. The number of benzene rings is 4. The number of nitrogens with one attached hydrogen (secondary N) is 2. The van der Waals surface area contributed by atoms with E-state index < -0.39 is 65.0 Å². The number of ether oxygens (including phenoxy) is 2. The number of anilines is 2. The van der Waals surface area contributed by atoms with Crippen LogP contribution in [0.4, 0.5) is 32.8 Å². The maximum Gasteiger partial charge on any atom is 0.319 e. The Bertz CT molecular complexity index is 3610. The first-order chi connectivity index (χ1) is 39.3. The number of piperazine rings is 1. The summed E-state index contributed by atoms with van der Waals surface area (Å²) in [6, 6.07) is 14.1. The van der Waals surface area contributed by atoms with Crippen molar-refractivity contribution in [2.45, 2.75) is 96.0 Å². The highest BCUT2D eigenvalue weighted by atomic mass is 35.5. The van der Waals surface area contributed by atoms with Crippen LogP contribution in [0.1, 0.15) is 88.6 Å². The first kappa shape index (κ1) is 56.7. The number of carbonyl (C=O) groups excluding carboxylic acids is 2. The molecule has 2 amide bonds. The van der Waals surface area contributed by atoms with E-state index in [4.69, 9.17) is 36.3 Å². The predicted octanol–water partition coefficient (Wildman–Crippen LogP) is 10.0. The average Bonchev–Trinajstić information content (AvgIpc) is 3.01. The van der Waals surface area contributed by atoms with Crippen molar-refractivity contribution in [2.75, 3.05) is 63.1 Å². The van der Waals surface area contributed by atoms with E-state index in [1.54, 1.807) is 31.2 Å². The first-order valence-corrected chi connectivity index (χ1v) is 28.6. The molecule has 4 aliphatic heterocycles. The fraction of sp³-hybridized carbons (Fsp3) is 0.424. The van der Waals surface area contributed by atoms with Gasteiger partial charge in [0.1, 0.15) is 64.2 Å². The molecule has 7 heterocycles. The molecule has 5 N–H and O–H groups in total. The number of nitriles is 1. The molecule has 0 spiro atoms. The molecule has 16 nitrogen and oxygen atoms in total. The Morgan fingerprint density at radius 1 is 0.963 bits per heavy atom. The van der Waals surface area contributed by atoms with Crippen molar-refractivity contribution in [3.05, 3.63) is 112 Å². The van der Waals surface area contributed by atoms with Crippen molar-refractivity contribution >= 4 is 66.6 Å². The van der Waals surface area contributed by atoms with Gasteiger partial charge in [-0.05, 0) is 85.6 Å². The maximum absolute atomic E-state index is 17.2. The number of hydrogen-bond acceptors (Lipinski definition) is 15. The van der Waals surface area contributed by atoms with Crippen LogP contribution in [0.5, 0.6) is 11.9 Å². The molecule has 82 heavy (non-hydrogen) atoms. The van der Waals surface area contributed by atoms with Gasteiger partial charge in [0.05, 0.1) is 39.6 Å². The lowest BCUT2D eigenvalue weighted by molar-refractivity contribution is -0.141. The quantitative estimate of drug-likeness (QED) is 0.0665. The van der Waals surface area contributed by atoms with Gasteiger partial charge in [0.25, 0.3) is 5.88 Å². The third-order valence-corrected chi connectivity index (χ3v) is 17.8. The van der Waals surface area contributed by atoms with Crippen LogP contribution >= 0.6 is 22.9 Å². The van der Waals surface area contributed by atoms with Crippen molar-refractivity contribution in [3.8, 4) is 40.2 Å². The summed E-state index contributed by atoms with van der Waals surface area (Å²) in [6.07, 6.45) is 2.58. The Labute approximate surface area is 478 Å². The molecule has 4 fully saturated rings. The number of likely N-dealkylation sites (tertiary alicyclic amines) is 2. The van der Waals surface area contributed by atoms with E-state index in [9.17, 15) is 33.1 Å². The lowest BCUT2D eigenvalue weighted by Gasteiger charge is -2.38. The number of thiophene rings is 1. The Hall–Kier alpha value is -7.16. The highest BCUT2D eigenvalue weighted by molar-refractivity contribution is 7.23. The van der Waals surface area contributed by atoms with Crippen molar-refractivity contribution in [2.24, 2.45) is 11.3 Å². The molecule has 2 unspecified atom stereocenters. The van der Waals surface area contributed by atoms with Crippen LogP contribution in [-0.4, -0.2) is 119 Å². The van der Waals surface area contributed by atoms with Gasteiger partial charge in [-0.3, -0.25) is 14.5 Å². The SMILES string of the molecule is CC(C)[C@@H](C(=O)N1C[C@H](O)C[C@H]1C(=O)N[C@@H](C)c1ccc(-c2c(F)cc(F)cc2F)cc1)c1cc(OCC2(C)CCN(CCOc3nc(N4CC5CCC(C4)N5)c4cc(Cl)c(-c5ccc(F)c6sc(N)c(C#N)c56)c(F)c4n3)CC2)no1. The van der Waals surface area contributed by atoms with Gasteiger partial charge in [-0.2, -0.15) is 15.2 Å². The average molecular weight is 1170 g/mol. The minimum absolute atomic E-state index is 0.00439. The van der Waals surface area contributed by atoms with Crippen molar-refractivity contribution in [1.82, 2.24) is 35.6 Å². The fourth-order valence-electron chi connectivity index (χ4n) is 12.0. The lowest BCUT2D eigenvalue weighted by Crippen LogP contribution is -2.51. The van der Waals surface area contributed by atoms with Crippen LogP contribution < -0.4 is 30.7 Å². The third kappa shape index (κ3) is 11.1. The van der Waals surface area contributed by atoms with Crippen molar-refractivity contribution < 1.29 is 50.6 Å². The van der Waals surface area contributed by atoms with Gasteiger partial charge in [-0.15, -0.1) is 11.3 Å². The second kappa shape index (κ2) is 22.9. The number of aliphatic hydroxyl groups excluding tert-OH is 1. The number of hydrogen-bond donors (Lipinski definition) is 4. The summed E-state index contributed by atoms with van der Waals surface area (Å²) in [6.45, 7) is 11.2. The summed E-state index contributed by atoms with van der Waals surface area (Å²) in [7, 11) is 0. The summed E-state index contributed by atoms with van der Waals surface area (Å²) < 4.78 is 93.1. The van der Waals surface area contributed by atoms with Crippen molar-refractivity contribution in [3.63, 3.8) is 0 Å². The lowest BCUT2D eigenvalue weighted by atomic mass is 9.81. The second-order valence-electron chi connectivity index (χ2n) is 22.6. The van der Waals surface area contributed by atoms with Gasteiger partial charge in [0.2, 0.25) is 11.8 Å². The molecule has 4 saturated heterocycles. The smallest absolute Gasteiger partial charge is 0.319 e. The Kier molecular flexibility index (Phi) is 15.8. The van der Waals surface area contributed by atoms with Crippen LogP contribution in [0.25, 0.3) is 43.2 Å². The molecule has 7 aromatic rings.